The van der Waals surface area contributed by atoms with Gasteiger partial charge >= 0.3 is 6.36 Å². The Kier molecular flexibility index (Phi) is 7.54. The van der Waals surface area contributed by atoms with Crippen molar-refractivity contribution in [2.75, 3.05) is 25.5 Å². The second-order valence-corrected chi connectivity index (χ2v) is 6.33. The minimum atomic E-state index is -4.78. The predicted octanol–water partition coefficient (Wildman–Crippen LogP) is 1.49. The normalized spacial score (nSPS) is 12.2. The summed E-state index contributed by atoms with van der Waals surface area (Å²) in [5.74, 6) is -1.44. The number of likely N-dealkylation sites (N-methyl/N-ethyl adjacent to an activating group) is 1. The molecule has 0 bridgehead atoms. The van der Waals surface area contributed by atoms with Crippen LogP contribution in [-0.4, -0.2) is 38.3 Å². The van der Waals surface area contributed by atoms with E-state index in [1.165, 1.54) is 24.3 Å². The molecule has 0 spiro atoms. The predicted molar refractivity (Wildman–Crippen MR) is 96.6 cm³/mol. The Labute approximate surface area is 164 Å². The van der Waals surface area contributed by atoms with Crippen molar-refractivity contribution in [3.05, 3.63) is 59.9 Å². The number of halogens is 4. The van der Waals surface area contributed by atoms with Gasteiger partial charge < -0.3 is 20.3 Å². The maximum atomic E-state index is 12.8. The van der Waals surface area contributed by atoms with Crippen molar-refractivity contribution in [2.24, 2.45) is 0 Å². The summed E-state index contributed by atoms with van der Waals surface area (Å²) in [7, 11) is 1.65. The third-order valence-corrected chi connectivity index (χ3v) is 3.70. The molecule has 29 heavy (non-hydrogen) atoms. The van der Waals surface area contributed by atoms with Gasteiger partial charge in [0.1, 0.15) is 11.6 Å². The van der Waals surface area contributed by atoms with Gasteiger partial charge in [-0.05, 0) is 42.0 Å². The molecule has 0 heterocycles. The molecule has 2 aromatic rings. The Morgan fingerprint density at radius 1 is 0.966 bits per heavy atom. The van der Waals surface area contributed by atoms with Gasteiger partial charge in [-0.1, -0.05) is 12.1 Å². The zero-order valence-corrected chi connectivity index (χ0v) is 15.5. The molecule has 3 N–H and O–H groups in total. The summed E-state index contributed by atoms with van der Waals surface area (Å²) in [5.41, 5.74) is 1.05. The Morgan fingerprint density at radius 2 is 1.55 bits per heavy atom. The molecule has 6 nitrogen and oxygen atoms in total. The van der Waals surface area contributed by atoms with Crippen LogP contribution in [0.4, 0.5) is 23.2 Å². The molecule has 2 rings (SSSR count). The summed E-state index contributed by atoms with van der Waals surface area (Å²) in [6, 6.07) is 10.4. The van der Waals surface area contributed by atoms with Crippen LogP contribution in [0, 0.1) is 5.82 Å². The van der Waals surface area contributed by atoms with E-state index < -0.39 is 18.0 Å². The van der Waals surface area contributed by atoms with Gasteiger partial charge in [0.2, 0.25) is 0 Å². The van der Waals surface area contributed by atoms with Crippen molar-refractivity contribution >= 4 is 17.5 Å². The van der Waals surface area contributed by atoms with Crippen LogP contribution in [0.25, 0.3) is 0 Å². The number of ether oxygens (including phenoxy) is 1. The molecule has 2 aromatic carbocycles. The van der Waals surface area contributed by atoms with Gasteiger partial charge in [-0.3, -0.25) is 9.59 Å². The first kappa shape index (κ1) is 22.2. The number of nitrogens with one attached hydrogen (secondary N) is 3. The fourth-order valence-corrected chi connectivity index (χ4v) is 2.42. The second-order valence-electron chi connectivity index (χ2n) is 6.33. The lowest BCUT2D eigenvalue weighted by molar-refractivity contribution is -0.862. The second kappa shape index (κ2) is 9.87. The lowest BCUT2D eigenvalue weighted by Crippen LogP contribution is -3.11. The van der Waals surface area contributed by atoms with Crippen molar-refractivity contribution in [2.45, 2.75) is 12.9 Å². The molecule has 1 unspecified atom stereocenters. The van der Waals surface area contributed by atoms with Crippen LogP contribution in [0.3, 0.4) is 0 Å². The van der Waals surface area contributed by atoms with Gasteiger partial charge in [0.25, 0.3) is 11.8 Å². The van der Waals surface area contributed by atoms with E-state index in [2.05, 4.69) is 15.4 Å². The first-order valence-electron chi connectivity index (χ1n) is 8.59. The fourth-order valence-electron chi connectivity index (χ4n) is 2.42. The molecule has 2 amide bonds. The van der Waals surface area contributed by atoms with Crippen LogP contribution in [0.15, 0.2) is 48.5 Å². The van der Waals surface area contributed by atoms with E-state index in [0.717, 1.165) is 17.7 Å². The molecule has 156 valence electrons. The van der Waals surface area contributed by atoms with Gasteiger partial charge in [-0.15, -0.1) is 13.2 Å². The summed E-state index contributed by atoms with van der Waals surface area (Å²) in [4.78, 5) is 24.6. The Hall–Kier alpha value is -3.14. The van der Waals surface area contributed by atoms with E-state index in [0.29, 0.717) is 10.6 Å². The molecule has 0 aliphatic heterocycles. The number of anilines is 1. The van der Waals surface area contributed by atoms with Gasteiger partial charge in [-0.2, -0.15) is 0 Å². The van der Waals surface area contributed by atoms with E-state index in [4.69, 9.17) is 0 Å². The van der Waals surface area contributed by atoms with Crippen molar-refractivity contribution in [3.8, 4) is 5.75 Å². The summed E-state index contributed by atoms with van der Waals surface area (Å²) >= 11 is 0. The highest BCUT2D eigenvalue weighted by Crippen LogP contribution is 2.23. The first-order valence-corrected chi connectivity index (χ1v) is 8.59. The number of carbonyl (C=O) groups excluding carboxylic acids is 2. The number of benzene rings is 2. The largest absolute Gasteiger partial charge is 0.573 e. The zero-order valence-electron chi connectivity index (χ0n) is 15.5. The number of quaternary nitrogens is 1. The molecular weight excluding hydrogens is 394 g/mol. The lowest BCUT2D eigenvalue weighted by Gasteiger charge is -2.14. The number of alkyl halides is 3. The summed E-state index contributed by atoms with van der Waals surface area (Å²) < 4.78 is 53.0. The number of hydrogen-bond donors (Lipinski definition) is 3. The lowest BCUT2D eigenvalue weighted by atomic mass is 10.2. The van der Waals surface area contributed by atoms with E-state index in [-0.39, 0.29) is 31.4 Å². The highest BCUT2D eigenvalue weighted by atomic mass is 19.4. The van der Waals surface area contributed by atoms with Gasteiger partial charge in [0.15, 0.2) is 13.1 Å². The van der Waals surface area contributed by atoms with Gasteiger partial charge in [0.05, 0.1) is 7.05 Å². The molecule has 0 radical (unpaired) electrons. The average molecular weight is 414 g/mol. The van der Waals surface area contributed by atoms with E-state index in [1.807, 2.05) is 0 Å². The molecule has 0 aromatic heterocycles. The van der Waals surface area contributed by atoms with Crippen LogP contribution in [-0.2, 0) is 16.1 Å². The maximum absolute atomic E-state index is 12.8. The van der Waals surface area contributed by atoms with Crippen LogP contribution < -0.4 is 20.3 Å². The summed E-state index contributed by atoms with van der Waals surface area (Å²) in [6.45, 7) is 0.253. The topological polar surface area (TPSA) is 71.9 Å². The summed E-state index contributed by atoms with van der Waals surface area (Å²) in [5, 5.41) is 5.21. The van der Waals surface area contributed by atoms with Gasteiger partial charge in [-0.25, -0.2) is 4.39 Å². The maximum Gasteiger partial charge on any atom is 0.573 e. The first-order chi connectivity index (χ1) is 13.6. The Morgan fingerprint density at radius 3 is 2.14 bits per heavy atom. The van der Waals surface area contributed by atoms with Gasteiger partial charge in [0, 0.05) is 12.2 Å². The van der Waals surface area contributed by atoms with Crippen LogP contribution in [0.5, 0.6) is 5.75 Å². The molecule has 10 heteroatoms. The third-order valence-electron chi connectivity index (χ3n) is 3.70. The molecule has 0 saturated heterocycles. The zero-order chi connectivity index (χ0) is 21.4. The Balaban J connectivity index is 1.73. The quantitative estimate of drug-likeness (QED) is 0.574. The number of rotatable bonds is 8. The Bertz CT molecular complexity index is 824. The molecule has 0 aliphatic rings. The monoisotopic (exact) mass is 414 g/mol. The molecular formula is C19H20F4N3O3+. The van der Waals surface area contributed by atoms with Crippen LogP contribution in [0.2, 0.25) is 0 Å². The van der Waals surface area contributed by atoms with Crippen LogP contribution >= 0.6 is 0 Å². The molecule has 0 aliphatic carbocycles. The van der Waals surface area contributed by atoms with Crippen molar-refractivity contribution in [1.29, 1.82) is 0 Å². The van der Waals surface area contributed by atoms with E-state index in [1.54, 1.807) is 19.2 Å². The average Bonchev–Trinajstić information content (AvgIpc) is 2.61. The molecule has 0 fully saturated rings. The number of amides is 2. The SMILES string of the molecule is C[NH+](CC(=O)NCc1ccc(F)cc1)CC(=O)Nc1ccc(OC(F)(F)F)cc1. The van der Waals surface area contributed by atoms with Crippen LogP contribution in [0.1, 0.15) is 5.56 Å². The smallest absolute Gasteiger partial charge is 0.406 e. The minimum absolute atomic E-state index is 0.0230. The van der Waals surface area contributed by atoms with E-state index >= 15 is 0 Å². The van der Waals surface area contributed by atoms with Crippen molar-refractivity contribution < 1.29 is 36.8 Å². The highest BCUT2D eigenvalue weighted by molar-refractivity contribution is 5.91. The standard InChI is InChI=1S/C19H19F4N3O3/c1-26(11-17(27)24-10-13-2-4-14(20)5-3-13)12-18(28)25-15-6-8-16(9-7-15)29-19(21,22)23/h2-9H,10-12H2,1H3,(H,24,27)(H,25,28)/p+1. The molecule has 1 atom stereocenters. The van der Waals surface area contributed by atoms with Crippen molar-refractivity contribution in [3.63, 3.8) is 0 Å². The van der Waals surface area contributed by atoms with Crippen molar-refractivity contribution in [1.82, 2.24) is 5.32 Å². The fraction of sp³-hybridized carbons (Fsp3) is 0.263. The number of hydrogen-bond acceptors (Lipinski definition) is 3. The third kappa shape index (κ3) is 8.60. The number of carbonyl (C=O) groups is 2. The highest BCUT2D eigenvalue weighted by Gasteiger charge is 2.31. The minimum Gasteiger partial charge on any atom is -0.406 e. The molecule has 0 saturated carbocycles. The summed E-state index contributed by atoms with van der Waals surface area (Å²) in [6.07, 6.45) is -4.78. The van der Waals surface area contributed by atoms with E-state index in [9.17, 15) is 27.2 Å².